The average molecular weight is 299 g/mol. The number of benzene rings is 1. The third kappa shape index (κ3) is 1.58. The van der Waals surface area contributed by atoms with Crippen LogP contribution in [0, 0.1) is 0 Å². The van der Waals surface area contributed by atoms with E-state index in [1.54, 1.807) is 0 Å². The minimum Gasteiger partial charge on any atom is -0.0837 e. The fourth-order valence-electron chi connectivity index (χ4n) is 4.63. The predicted octanol–water partition coefficient (Wildman–Crippen LogP) is 5.25. The Labute approximate surface area is 125 Å². The van der Waals surface area contributed by atoms with Crippen LogP contribution in [0.25, 0.3) is 0 Å². The number of hydrogen-bond donors (Lipinski definition) is 0. The van der Waals surface area contributed by atoms with Crippen molar-refractivity contribution in [3.8, 4) is 0 Å². The van der Waals surface area contributed by atoms with Gasteiger partial charge in [-0.25, -0.2) is 0 Å². The van der Waals surface area contributed by atoms with Crippen molar-refractivity contribution in [2.75, 3.05) is 0 Å². The topological polar surface area (TPSA) is 0 Å². The molecule has 1 aromatic carbocycles. The molecule has 0 saturated heterocycles. The summed E-state index contributed by atoms with van der Waals surface area (Å²) in [5.74, 6) is 0. The normalized spacial score (nSPS) is 37.3. The maximum atomic E-state index is 2.69. The first-order chi connectivity index (χ1) is 9.48. The fourth-order valence-corrected chi connectivity index (χ4v) is 20.8. The summed E-state index contributed by atoms with van der Waals surface area (Å²) < 4.78 is 0. The second kappa shape index (κ2) is 4.57. The summed E-state index contributed by atoms with van der Waals surface area (Å²) >= 11 is 0. The van der Waals surface area contributed by atoms with Crippen LogP contribution in [0.3, 0.4) is 0 Å². The maximum absolute atomic E-state index is 2.69. The summed E-state index contributed by atoms with van der Waals surface area (Å²) in [5.41, 5.74) is 2.31. The molecule has 1 unspecified atom stereocenters. The molecule has 0 fully saturated rings. The zero-order valence-corrected chi connectivity index (χ0v) is 15.2. The molecule has 2 heteroatoms. The van der Waals surface area contributed by atoms with E-state index >= 15 is 0 Å². The van der Waals surface area contributed by atoms with Gasteiger partial charge in [-0.2, -0.15) is 0 Å². The smallest absolute Gasteiger partial charge is 0.0635 e. The van der Waals surface area contributed by atoms with E-state index in [4.69, 9.17) is 0 Å². The summed E-state index contributed by atoms with van der Waals surface area (Å²) in [4.78, 5) is 0. The zero-order valence-electron chi connectivity index (χ0n) is 13.2. The first-order valence-electron chi connectivity index (χ1n) is 7.92. The summed E-state index contributed by atoms with van der Waals surface area (Å²) in [5, 5.41) is 0.249. The van der Waals surface area contributed by atoms with Crippen LogP contribution in [-0.4, -0.2) is 15.2 Å². The Morgan fingerprint density at radius 1 is 1.00 bits per heavy atom. The summed E-state index contributed by atoms with van der Waals surface area (Å²) in [6.45, 7) is 10.4. The lowest BCUT2D eigenvalue weighted by Gasteiger charge is -2.60. The van der Waals surface area contributed by atoms with Gasteiger partial charge in [0.25, 0.3) is 0 Å². The molecule has 0 aromatic heterocycles. The summed E-state index contributed by atoms with van der Waals surface area (Å²) in [6, 6.07) is 12.7. The van der Waals surface area contributed by atoms with E-state index in [1.807, 2.05) is 0 Å². The molecule has 0 nitrogen and oxygen atoms in total. The molecule has 106 valence electrons. The SMILES string of the molecule is CCC[Si]1(C)C2C=CC(c3ccccc3)(C=C2)[Si]1(C)C. The van der Waals surface area contributed by atoms with Gasteiger partial charge in [0.15, 0.2) is 0 Å². The van der Waals surface area contributed by atoms with Crippen LogP contribution < -0.4 is 0 Å². The van der Waals surface area contributed by atoms with Crippen LogP contribution in [0.5, 0.6) is 0 Å². The van der Waals surface area contributed by atoms with Gasteiger partial charge in [0.1, 0.15) is 0 Å². The van der Waals surface area contributed by atoms with Gasteiger partial charge in [-0.05, 0) is 11.1 Å². The van der Waals surface area contributed by atoms with Crippen molar-refractivity contribution in [1.82, 2.24) is 0 Å². The van der Waals surface area contributed by atoms with E-state index < -0.39 is 15.2 Å². The van der Waals surface area contributed by atoms with E-state index in [0.29, 0.717) is 0 Å². The molecule has 1 atom stereocenters. The second-order valence-electron chi connectivity index (χ2n) is 7.27. The third-order valence-electron chi connectivity index (χ3n) is 6.35. The van der Waals surface area contributed by atoms with E-state index in [-0.39, 0.29) is 5.04 Å². The van der Waals surface area contributed by atoms with E-state index in [9.17, 15) is 0 Å². The molecule has 2 bridgehead atoms. The molecule has 4 rings (SSSR count). The molecule has 0 radical (unpaired) electrons. The molecular formula is C18H26Si2. The van der Waals surface area contributed by atoms with Crippen LogP contribution >= 0.6 is 0 Å². The van der Waals surface area contributed by atoms with Crippen molar-refractivity contribution in [3.05, 3.63) is 60.2 Å². The largest absolute Gasteiger partial charge is 0.0837 e. The Bertz CT molecular complexity index is 542. The minimum atomic E-state index is -1.37. The highest BCUT2D eigenvalue weighted by Gasteiger charge is 2.62. The molecule has 20 heavy (non-hydrogen) atoms. The highest BCUT2D eigenvalue weighted by atomic mass is 29.3. The molecule has 0 N–H and O–H groups in total. The first kappa shape index (κ1) is 14.1. The lowest BCUT2D eigenvalue weighted by atomic mass is 9.93. The Balaban J connectivity index is 2.20. The zero-order chi connectivity index (χ0) is 14.4. The molecular weight excluding hydrogens is 272 g/mol. The Morgan fingerprint density at radius 2 is 1.60 bits per heavy atom. The van der Waals surface area contributed by atoms with Crippen molar-refractivity contribution in [1.29, 1.82) is 0 Å². The van der Waals surface area contributed by atoms with Crippen molar-refractivity contribution in [2.24, 2.45) is 0 Å². The second-order valence-corrected chi connectivity index (χ2v) is 22.5. The molecule has 0 saturated carbocycles. The van der Waals surface area contributed by atoms with Crippen LogP contribution in [0.4, 0.5) is 0 Å². The van der Waals surface area contributed by atoms with Crippen molar-refractivity contribution in [3.63, 3.8) is 0 Å². The number of fused-ring (bicyclic) bond motifs is 1. The molecule has 1 aliphatic carbocycles. The van der Waals surface area contributed by atoms with Gasteiger partial charge >= 0.3 is 0 Å². The monoisotopic (exact) mass is 298 g/mol. The highest BCUT2D eigenvalue weighted by molar-refractivity contribution is 7.43. The van der Waals surface area contributed by atoms with Crippen molar-refractivity contribution >= 4 is 15.2 Å². The molecule has 3 aliphatic rings. The third-order valence-corrected chi connectivity index (χ3v) is 26.9. The van der Waals surface area contributed by atoms with Gasteiger partial charge in [0.2, 0.25) is 0 Å². The van der Waals surface area contributed by atoms with Gasteiger partial charge in [-0.15, -0.1) is 0 Å². The van der Waals surface area contributed by atoms with Crippen molar-refractivity contribution in [2.45, 2.75) is 49.6 Å². The Hall–Kier alpha value is -0.866. The molecule has 2 aliphatic heterocycles. The van der Waals surface area contributed by atoms with Crippen LogP contribution in [-0.2, 0) is 5.04 Å². The van der Waals surface area contributed by atoms with Crippen LogP contribution in [0.1, 0.15) is 18.9 Å². The lowest BCUT2D eigenvalue weighted by Crippen LogP contribution is -2.72. The van der Waals surface area contributed by atoms with E-state index in [1.165, 1.54) is 18.0 Å². The molecule has 2 heterocycles. The van der Waals surface area contributed by atoms with Gasteiger partial charge in [0.05, 0.1) is 15.2 Å². The highest BCUT2D eigenvalue weighted by Crippen LogP contribution is 2.55. The summed E-state index contributed by atoms with van der Waals surface area (Å²) in [7, 11) is -2.60. The van der Waals surface area contributed by atoms with Crippen LogP contribution in [0.15, 0.2) is 54.6 Å². The molecule has 1 aromatic rings. The van der Waals surface area contributed by atoms with E-state index in [0.717, 1.165) is 5.54 Å². The van der Waals surface area contributed by atoms with Crippen LogP contribution in [0.2, 0.25) is 31.2 Å². The Morgan fingerprint density at radius 3 is 2.15 bits per heavy atom. The standard InChI is InChI=1S/C18H26Si2/c1-5-15-20(4)17-11-13-18(14-12-17,19(20,2)3)16-9-7-6-8-10-16/h6-14,17H,5,15H2,1-4H3. The summed E-state index contributed by atoms with van der Waals surface area (Å²) in [6.07, 6.45) is 11.6. The minimum absolute atomic E-state index is 0.249. The van der Waals surface area contributed by atoms with Gasteiger partial charge in [-0.1, -0.05) is 93.7 Å². The average Bonchev–Trinajstić information content (AvgIpc) is 2.46. The lowest BCUT2D eigenvalue weighted by molar-refractivity contribution is 0.856. The quantitative estimate of drug-likeness (QED) is 0.528. The van der Waals surface area contributed by atoms with E-state index in [2.05, 4.69) is 81.2 Å². The fraction of sp³-hybridized carbons (Fsp3) is 0.444. The van der Waals surface area contributed by atoms with Gasteiger partial charge < -0.3 is 0 Å². The van der Waals surface area contributed by atoms with Gasteiger partial charge in [-0.3, -0.25) is 0 Å². The maximum Gasteiger partial charge on any atom is 0.0635 e. The molecule has 0 amide bonds. The number of rotatable bonds is 3. The van der Waals surface area contributed by atoms with Crippen molar-refractivity contribution < 1.29 is 0 Å². The first-order valence-corrected chi connectivity index (χ1v) is 14.7. The van der Waals surface area contributed by atoms with Gasteiger partial charge in [0, 0.05) is 5.04 Å². The number of hydrogen-bond acceptors (Lipinski definition) is 0. The number of allylic oxidation sites excluding steroid dienone is 4. The predicted molar refractivity (Wildman–Crippen MR) is 94.3 cm³/mol. The Kier molecular flexibility index (Phi) is 3.22. The molecule has 0 spiro atoms.